The van der Waals surface area contributed by atoms with Crippen LogP contribution in [0.5, 0.6) is 0 Å². The van der Waals surface area contributed by atoms with E-state index in [4.69, 9.17) is 9.47 Å². The van der Waals surface area contributed by atoms with Gasteiger partial charge in [0.1, 0.15) is 0 Å². The smallest absolute Gasteiger partial charge is 0.311 e. The second-order valence-corrected chi connectivity index (χ2v) is 6.55. The summed E-state index contributed by atoms with van der Waals surface area (Å²) in [6.07, 6.45) is 11.6. The highest BCUT2D eigenvalue weighted by atomic mass is 16.7. The molecule has 0 bridgehead atoms. The summed E-state index contributed by atoms with van der Waals surface area (Å²) in [6, 6.07) is 0. The summed E-state index contributed by atoms with van der Waals surface area (Å²) >= 11 is 0. The van der Waals surface area contributed by atoms with E-state index in [1.165, 1.54) is 32.1 Å². The van der Waals surface area contributed by atoms with Gasteiger partial charge >= 0.3 is 5.97 Å². The van der Waals surface area contributed by atoms with Crippen LogP contribution in [-0.4, -0.2) is 18.9 Å². The van der Waals surface area contributed by atoms with Crippen molar-refractivity contribution in [3.8, 4) is 0 Å². The highest BCUT2D eigenvalue weighted by Gasteiger charge is 2.36. The summed E-state index contributed by atoms with van der Waals surface area (Å²) < 4.78 is 11.1. The van der Waals surface area contributed by atoms with Crippen LogP contribution in [0.4, 0.5) is 0 Å². The van der Waals surface area contributed by atoms with Gasteiger partial charge in [0, 0.05) is 6.42 Å². The molecule has 0 radical (unpaired) electrons. The molecule has 3 fully saturated rings. The topological polar surface area (TPSA) is 35.5 Å². The van der Waals surface area contributed by atoms with E-state index in [9.17, 15) is 4.79 Å². The summed E-state index contributed by atoms with van der Waals surface area (Å²) in [4.78, 5) is 12.2. The Bertz CT molecular complexity index is 309. The number of fused-ring (bicyclic) bond motifs is 1. The first-order chi connectivity index (χ1) is 9.33. The Kier molecular flexibility index (Phi) is 4.42. The van der Waals surface area contributed by atoms with Crippen molar-refractivity contribution in [2.75, 3.05) is 6.61 Å². The average Bonchev–Trinajstić information content (AvgIpc) is 2.48. The summed E-state index contributed by atoms with van der Waals surface area (Å²) in [5.74, 6) is 1.83. The highest BCUT2D eigenvalue weighted by molar-refractivity contribution is 5.72. The fourth-order valence-corrected chi connectivity index (χ4v) is 4.12. The standard InChI is InChI=1S/C16H26O3/c17-16(19-15-7-3-4-10-18-15)14-9-8-12-5-1-2-6-13(12)11-14/h12-15H,1-11H2. The minimum atomic E-state index is -0.259. The Morgan fingerprint density at radius 1 is 0.895 bits per heavy atom. The van der Waals surface area contributed by atoms with E-state index in [0.29, 0.717) is 0 Å². The number of hydrogen-bond donors (Lipinski definition) is 0. The van der Waals surface area contributed by atoms with E-state index >= 15 is 0 Å². The molecule has 3 heteroatoms. The minimum absolute atomic E-state index is 0.0101. The lowest BCUT2D eigenvalue weighted by Crippen LogP contribution is -2.34. The van der Waals surface area contributed by atoms with E-state index in [1.807, 2.05) is 0 Å². The van der Waals surface area contributed by atoms with Gasteiger partial charge in [-0.25, -0.2) is 0 Å². The molecule has 1 heterocycles. The average molecular weight is 266 g/mol. The van der Waals surface area contributed by atoms with Crippen LogP contribution < -0.4 is 0 Å². The maximum Gasteiger partial charge on any atom is 0.311 e. The molecule has 3 nitrogen and oxygen atoms in total. The van der Waals surface area contributed by atoms with Gasteiger partial charge in [-0.15, -0.1) is 0 Å². The van der Waals surface area contributed by atoms with Gasteiger partial charge in [-0.2, -0.15) is 0 Å². The first kappa shape index (κ1) is 13.4. The van der Waals surface area contributed by atoms with Gasteiger partial charge in [-0.3, -0.25) is 4.79 Å². The number of carbonyl (C=O) groups is 1. The van der Waals surface area contributed by atoms with Crippen LogP contribution in [0.2, 0.25) is 0 Å². The van der Waals surface area contributed by atoms with E-state index in [-0.39, 0.29) is 18.2 Å². The van der Waals surface area contributed by atoms with Crippen molar-refractivity contribution >= 4 is 5.97 Å². The second-order valence-electron chi connectivity index (χ2n) is 6.55. The number of esters is 1. The van der Waals surface area contributed by atoms with Gasteiger partial charge in [0.25, 0.3) is 0 Å². The molecule has 3 aliphatic rings. The second kappa shape index (κ2) is 6.25. The molecule has 0 N–H and O–H groups in total. The zero-order valence-electron chi connectivity index (χ0n) is 11.8. The SMILES string of the molecule is O=C(OC1CCCCO1)C1CCC2CCCCC2C1. The van der Waals surface area contributed by atoms with Crippen molar-refractivity contribution < 1.29 is 14.3 Å². The zero-order chi connectivity index (χ0) is 13.1. The number of rotatable bonds is 2. The van der Waals surface area contributed by atoms with Crippen molar-refractivity contribution in [1.82, 2.24) is 0 Å². The monoisotopic (exact) mass is 266 g/mol. The number of ether oxygens (including phenoxy) is 2. The first-order valence-corrected chi connectivity index (χ1v) is 8.15. The fraction of sp³-hybridized carbons (Fsp3) is 0.938. The summed E-state index contributed by atoms with van der Waals surface area (Å²) in [7, 11) is 0. The van der Waals surface area contributed by atoms with Crippen LogP contribution in [0.25, 0.3) is 0 Å². The Balaban J connectivity index is 1.49. The maximum absolute atomic E-state index is 12.2. The van der Waals surface area contributed by atoms with Crippen LogP contribution in [0.3, 0.4) is 0 Å². The zero-order valence-corrected chi connectivity index (χ0v) is 11.8. The molecule has 1 aliphatic heterocycles. The molecule has 0 aromatic heterocycles. The van der Waals surface area contributed by atoms with E-state index in [0.717, 1.165) is 50.5 Å². The molecule has 0 aromatic rings. The molecule has 3 rings (SSSR count). The number of hydrogen-bond acceptors (Lipinski definition) is 3. The third-order valence-electron chi connectivity index (χ3n) is 5.26. The summed E-state index contributed by atoms with van der Waals surface area (Å²) in [5.41, 5.74) is 0. The molecule has 2 aliphatic carbocycles. The molecule has 19 heavy (non-hydrogen) atoms. The van der Waals surface area contributed by atoms with Gasteiger partial charge in [0.15, 0.2) is 0 Å². The van der Waals surface area contributed by atoms with Gasteiger partial charge in [-0.1, -0.05) is 25.7 Å². The van der Waals surface area contributed by atoms with E-state index in [1.54, 1.807) is 0 Å². The normalized spacial score (nSPS) is 39.4. The highest BCUT2D eigenvalue weighted by Crippen LogP contribution is 2.43. The van der Waals surface area contributed by atoms with Crippen molar-refractivity contribution in [3.05, 3.63) is 0 Å². The lowest BCUT2D eigenvalue weighted by atomic mass is 9.67. The Morgan fingerprint density at radius 3 is 2.47 bits per heavy atom. The van der Waals surface area contributed by atoms with Crippen LogP contribution in [0.1, 0.15) is 64.2 Å². The lowest BCUT2D eigenvalue weighted by Gasteiger charge is -2.38. The third kappa shape index (κ3) is 3.31. The number of carbonyl (C=O) groups excluding carboxylic acids is 1. The Hall–Kier alpha value is -0.570. The minimum Gasteiger partial charge on any atom is -0.436 e. The Morgan fingerprint density at radius 2 is 1.68 bits per heavy atom. The molecule has 1 saturated heterocycles. The van der Waals surface area contributed by atoms with Crippen molar-refractivity contribution in [1.29, 1.82) is 0 Å². The van der Waals surface area contributed by atoms with Crippen molar-refractivity contribution in [3.63, 3.8) is 0 Å². The summed E-state index contributed by atoms with van der Waals surface area (Å²) in [5, 5.41) is 0. The fourth-order valence-electron chi connectivity index (χ4n) is 4.12. The van der Waals surface area contributed by atoms with Gasteiger partial charge in [-0.05, 0) is 43.9 Å². The molecular weight excluding hydrogens is 240 g/mol. The van der Waals surface area contributed by atoms with Crippen LogP contribution >= 0.6 is 0 Å². The molecular formula is C16H26O3. The lowest BCUT2D eigenvalue weighted by molar-refractivity contribution is -0.193. The van der Waals surface area contributed by atoms with Crippen molar-refractivity contribution in [2.45, 2.75) is 70.5 Å². The van der Waals surface area contributed by atoms with Crippen LogP contribution in [0, 0.1) is 17.8 Å². The van der Waals surface area contributed by atoms with Gasteiger partial charge in [0.05, 0.1) is 12.5 Å². The molecule has 2 saturated carbocycles. The molecule has 0 amide bonds. The quantitative estimate of drug-likeness (QED) is 0.715. The van der Waals surface area contributed by atoms with Gasteiger partial charge < -0.3 is 9.47 Å². The molecule has 4 unspecified atom stereocenters. The third-order valence-corrected chi connectivity index (χ3v) is 5.26. The van der Waals surface area contributed by atoms with Crippen molar-refractivity contribution in [2.24, 2.45) is 17.8 Å². The predicted octanol–water partition coefficient (Wildman–Crippen LogP) is 3.66. The maximum atomic E-state index is 12.2. The molecule has 0 aromatic carbocycles. The van der Waals surface area contributed by atoms with Gasteiger partial charge in [0.2, 0.25) is 6.29 Å². The van der Waals surface area contributed by atoms with Crippen LogP contribution in [0.15, 0.2) is 0 Å². The molecule has 108 valence electrons. The van der Waals surface area contributed by atoms with Crippen LogP contribution in [-0.2, 0) is 14.3 Å². The molecule has 0 spiro atoms. The largest absolute Gasteiger partial charge is 0.436 e. The van der Waals surface area contributed by atoms with E-state index < -0.39 is 0 Å². The Labute approximate surface area is 116 Å². The van der Waals surface area contributed by atoms with E-state index in [2.05, 4.69) is 0 Å². The summed E-state index contributed by atoms with van der Waals surface area (Å²) in [6.45, 7) is 0.743. The predicted molar refractivity (Wildman–Crippen MR) is 72.5 cm³/mol. The first-order valence-electron chi connectivity index (χ1n) is 8.15. The molecule has 4 atom stereocenters.